The van der Waals surface area contributed by atoms with Crippen LogP contribution in [0, 0.1) is 0 Å². The van der Waals surface area contributed by atoms with E-state index in [4.69, 9.17) is 22.1 Å². The summed E-state index contributed by atoms with van der Waals surface area (Å²) in [6.07, 6.45) is 0.754. The normalized spacial score (nSPS) is 10.2. The van der Waals surface area contributed by atoms with Gasteiger partial charge < -0.3 is 10.5 Å². The molecule has 0 fully saturated rings. The van der Waals surface area contributed by atoms with E-state index in [1.165, 1.54) is 0 Å². The van der Waals surface area contributed by atoms with E-state index < -0.39 is 0 Å². The molecule has 0 heterocycles. The van der Waals surface area contributed by atoms with Crippen LogP contribution in [0.25, 0.3) is 0 Å². The Balaban J connectivity index is 2.29. The SMILES string of the molecule is COc1ccc(N)c(Cc2cccc(Cl)c2)c1. The Hall–Kier alpha value is -1.67. The molecule has 3 heteroatoms. The maximum atomic E-state index is 5.95. The van der Waals surface area contributed by atoms with Crippen molar-refractivity contribution in [3.63, 3.8) is 0 Å². The topological polar surface area (TPSA) is 35.2 Å². The van der Waals surface area contributed by atoms with Gasteiger partial charge in [-0.15, -0.1) is 0 Å². The van der Waals surface area contributed by atoms with Gasteiger partial charge in [0.05, 0.1) is 7.11 Å². The van der Waals surface area contributed by atoms with Gasteiger partial charge in [-0.05, 0) is 47.9 Å². The molecule has 0 bridgehead atoms. The van der Waals surface area contributed by atoms with Crippen molar-refractivity contribution < 1.29 is 4.74 Å². The molecule has 0 radical (unpaired) electrons. The van der Waals surface area contributed by atoms with Crippen molar-refractivity contribution in [2.45, 2.75) is 6.42 Å². The maximum Gasteiger partial charge on any atom is 0.119 e. The fraction of sp³-hybridized carbons (Fsp3) is 0.143. The molecule has 88 valence electrons. The minimum absolute atomic E-state index is 0.740. The summed E-state index contributed by atoms with van der Waals surface area (Å²) >= 11 is 5.95. The molecule has 0 spiro atoms. The van der Waals surface area contributed by atoms with E-state index in [0.717, 1.165) is 34.0 Å². The van der Waals surface area contributed by atoms with E-state index in [-0.39, 0.29) is 0 Å². The van der Waals surface area contributed by atoms with Crippen molar-refractivity contribution >= 4 is 17.3 Å². The van der Waals surface area contributed by atoms with Crippen LogP contribution in [0.3, 0.4) is 0 Å². The Labute approximate surface area is 106 Å². The van der Waals surface area contributed by atoms with Gasteiger partial charge in [0, 0.05) is 10.7 Å². The molecule has 0 atom stereocenters. The van der Waals surface area contributed by atoms with Gasteiger partial charge in [-0.3, -0.25) is 0 Å². The summed E-state index contributed by atoms with van der Waals surface area (Å²) in [5, 5.41) is 0.740. The van der Waals surface area contributed by atoms with Crippen LogP contribution < -0.4 is 10.5 Å². The number of hydrogen-bond donors (Lipinski definition) is 1. The predicted molar refractivity (Wildman–Crippen MR) is 71.7 cm³/mol. The van der Waals surface area contributed by atoms with Gasteiger partial charge >= 0.3 is 0 Å². The van der Waals surface area contributed by atoms with E-state index in [1.807, 2.05) is 42.5 Å². The zero-order chi connectivity index (χ0) is 12.3. The molecular weight excluding hydrogens is 234 g/mol. The first kappa shape index (κ1) is 11.8. The molecular formula is C14H14ClNO. The smallest absolute Gasteiger partial charge is 0.119 e. The molecule has 0 aliphatic heterocycles. The van der Waals surface area contributed by atoms with Gasteiger partial charge in [-0.1, -0.05) is 23.7 Å². The molecule has 2 aromatic rings. The highest BCUT2D eigenvalue weighted by Gasteiger charge is 2.03. The van der Waals surface area contributed by atoms with E-state index in [2.05, 4.69) is 0 Å². The quantitative estimate of drug-likeness (QED) is 0.843. The first-order valence-corrected chi connectivity index (χ1v) is 5.73. The number of nitrogen functional groups attached to an aromatic ring is 1. The molecule has 0 aromatic heterocycles. The Morgan fingerprint density at radius 2 is 2.00 bits per heavy atom. The second-order valence-electron chi connectivity index (χ2n) is 3.87. The summed E-state index contributed by atoms with van der Waals surface area (Å²) in [6.45, 7) is 0. The van der Waals surface area contributed by atoms with Gasteiger partial charge in [0.15, 0.2) is 0 Å². The predicted octanol–water partition coefficient (Wildman–Crippen LogP) is 3.52. The van der Waals surface area contributed by atoms with Gasteiger partial charge in [-0.2, -0.15) is 0 Å². The second kappa shape index (κ2) is 5.11. The number of ether oxygens (including phenoxy) is 1. The molecule has 0 amide bonds. The van der Waals surface area contributed by atoms with Crippen LogP contribution in [-0.4, -0.2) is 7.11 Å². The number of benzene rings is 2. The number of anilines is 1. The summed E-state index contributed by atoms with van der Waals surface area (Å²) in [7, 11) is 1.65. The third-order valence-electron chi connectivity index (χ3n) is 2.63. The Morgan fingerprint density at radius 1 is 1.18 bits per heavy atom. The molecule has 2 N–H and O–H groups in total. The molecule has 0 saturated heterocycles. The van der Waals surface area contributed by atoms with Crippen molar-refractivity contribution in [3.8, 4) is 5.75 Å². The fourth-order valence-corrected chi connectivity index (χ4v) is 1.94. The lowest BCUT2D eigenvalue weighted by molar-refractivity contribution is 0.414. The summed E-state index contributed by atoms with van der Waals surface area (Å²) in [6, 6.07) is 13.4. The average Bonchev–Trinajstić information content (AvgIpc) is 2.32. The van der Waals surface area contributed by atoms with E-state index in [0.29, 0.717) is 0 Å². The lowest BCUT2D eigenvalue weighted by atomic mass is 10.0. The van der Waals surface area contributed by atoms with Crippen molar-refractivity contribution in [3.05, 3.63) is 58.6 Å². The second-order valence-corrected chi connectivity index (χ2v) is 4.31. The number of halogens is 1. The maximum absolute atomic E-state index is 5.95. The largest absolute Gasteiger partial charge is 0.497 e. The number of methoxy groups -OCH3 is 1. The monoisotopic (exact) mass is 247 g/mol. The zero-order valence-electron chi connectivity index (χ0n) is 9.61. The number of nitrogens with two attached hydrogens (primary N) is 1. The summed E-state index contributed by atoms with van der Waals surface area (Å²) < 4.78 is 5.19. The summed E-state index contributed by atoms with van der Waals surface area (Å²) in [5.41, 5.74) is 8.90. The summed E-state index contributed by atoms with van der Waals surface area (Å²) in [5.74, 6) is 0.816. The first-order valence-electron chi connectivity index (χ1n) is 5.36. The number of hydrogen-bond acceptors (Lipinski definition) is 2. The van der Waals surface area contributed by atoms with Crippen LogP contribution in [0.5, 0.6) is 5.75 Å². The van der Waals surface area contributed by atoms with Crippen LogP contribution in [0.2, 0.25) is 5.02 Å². The zero-order valence-corrected chi connectivity index (χ0v) is 10.4. The highest BCUT2D eigenvalue weighted by Crippen LogP contribution is 2.23. The van der Waals surface area contributed by atoms with Crippen molar-refractivity contribution in [1.29, 1.82) is 0 Å². The Bertz CT molecular complexity index is 525. The van der Waals surface area contributed by atoms with Gasteiger partial charge in [0.1, 0.15) is 5.75 Å². The molecule has 0 saturated carbocycles. The molecule has 0 aliphatic rings. The van der Waals surface area contributed by atoms with Crippen molar-refractivity contribution in [1.82, 2.24) is 0 Å². The Kier molecular flexibility index (Phi) is 3.55. The van der Waals surface area contributed by atoms with Crippen molar-refractivity contribution in [2.75, 3.05) is 12.8 Å². The van der Waals surface area contributed by atoms with E-state index in [1.54, 1.807) is 7.11 Å². The van der Waals surface area contributed by atoms with E-state index >= 15 is 0 Å². The third-order valence-corrected chi connectivity index (χ3v) is 2.87. The number of rotatable bonds is 3. The molecule has 2 aromatic carbocycles. The molecule has 2 rings (SSSR count). The van der Waals surface area contributed by atoms with Crippen LogP contribution in [0.1, 0.15) is 11.1 Å². The molecule has 2 nitrogen and oxygen atoms in total. The first-order chi connectivity index (χ1) is 8.19. The molecule has 17 heavy (non-hydrogen) atoms. The van der Waals surface area contributed by atoms with Crippen LogP contribution >= 0.6 is 11.6 Å². The van der Waals surface area contributed by atoms with Gasteiger partial charge in [0.25, 0.3) is 0 Å². The Morgan fingerprint density at radius 3 is 2.71 bits per heavy atom. The van der Waals surface area contributed by atoms with Crippen LogP contribution in [0.4, 0.5) is 5.69 Å². The molecule has 0 aliphatic carbocycles. The minimum Gasteiger partial charge on any atom is -0.497 e. The van der Waals surface area contributed by atoms with E-state index in [9.17, 15) is 0 Å². The van der Waals surface area contributed by atoms with Crippen LogP contribution in [0.15, 0.2) is 42.5 Å². The van der Waals surface area contributed by atoms with Crippen molar-refractivity contribution in [2.24, 2.45) is 0 Å². The summed E-state index contributed by atoms with van der Waals surface area (Å²) in [4.78, 5) is 0. The lowest BCUT2D eigenvalue weighted by Gasteiger charge is -2.08. The van der Waals surface area contributed by atoms with Gasteiger partial charge in [-0.25, -0.2) is 0 Å². The molecule has 0 unspecified atom stereocenters. The average molecular weight is 248 g/mol. The minimum atomic E-state index is 0.740. The highest BCUT2D eigenvalue weighted by molar-refractivity contribution is 6.30. The fourth-order valence-electron chi connectivity index (χ4n) is 1.73. The third kappa shape index (κ3) is 2.92. The standard InChI is InChI=1S/C14H14ClNO/c1-17-13-5-6-14(16)11(9-13)7-10-3-2-4-12(15)8-10/h2-6,8-9H,7,16H2,1H3. The highest BCUT2D eigenvalue weighted by atomic mass is 35.5. The van der Waals surface area contributed by atoms with Crippen LogP contribution in [-0.2, 0) is 6.42 Å². The lowest BCUT2D eigenvalue weighted by Crippen LogP contribution is -1.96. The van der Waals surface area contributed by atoms with Gasteiger partial charge in [0.2, 0.25) is 0 Å².